The molecule has 0 N–H and O–H groups in total. The van der Waals surface area contributed by atoms with Crippen LogP contribution in [0, 0.1) is 0 Å². The van der Waals surface area contributed by atoms with E-state index in [2.05, 4.69) is 24.0 Å². The Morgan fingerprint density at radius 1 is 1.06 bits per heavy atom. The molecule has 0 spiro atoms. The highest BCUT2D eigenvalue weighted by Crippen LogP contribution is 2.36. The molecule has 5 rings (SSSR count). The molecule has 6 nitrogen and oxygen atoms in total. The lowest BCUT2D eigenvalue weighted by Gasteiger charge is -2.13. The van der Waals surface area contributed by atoms with Gasteiger partial charge < -0.3 is 14.2 Å². The maximum atomic E-state index is 13.1. The van der Waals surface area contributed by atoms with Crippen LogP contribution in [0.15, 0.2) is 65.5 Å². The fourth-order valence-corrected chi connectivity index (χ4v) is 5.23. The molecule has 2 aromatic heterocycles. The summed E-state index contributed by atoms with van der Waals surface area (Å²) in [5, 5.41) is 0.413. The van der Waals surface area contributed by atoms with Crippen molar-refractivity contribution in [2.45, 2.75) is 19.8 Å². The van der Waals surface area contributed by atoms with E-state index in [1.54, 1.807) is 23.7 Å². The van der Waals surface area contributed by atoms with Crippen LogP contribution in [0.5, 0.6) is 17.2 Å². The normalized spacial score (nSPS) is 11.9. The van der Waals surface area contributed by atoms with Crippen molar-refractivity contribution in [3.63, 3.8) is 0 Å². The van der Waals surface area contributed by atoms with Crippen molar-refractivity contribution in [3.8, 4) is 17.2 Å². The maximum Gasteiger partial charge on any atom is 0.274 e. The summed E-state index contributed by atoms with van der Waals surface area (Å²) < 4.78 is 19.5. The first-order chi connectivity index (χ1) is 17.6. The molecule has 0 unspecified atom stereocenters. The predicted octanol–water partition coefficient (Wildman–Crippen LogP) is 5.53. The van der Waals surface area contributed by atoms with Gasteiger partial charge in [0.05, 0.1) is 40.9 Å². The zero-order chi connectivity index (χ0) is 25.1. The van der Waals surface area contributed by atoms with Crippen LogP contribution in [0.4, 0.5) is 0 Å². The molecule has 0 radical (unpaired) electrons. The molecule has 0 saturated heterocycles. The van der Waals surface area contributed by atoms with Crippen LogP contribution in [0.1, 0.15) is 24.5 Å². The summed E-state index contributed by atoms with van der Waals surface area (Å²) in [7, 11) is 1.57. The number of nitrogens with zero attached hydrogens (tertiary/aromatic N) is 2. The van der Waals surface area contributed by atoms with Gasteiger partial charge in [-0.3, -0.25) is 4.79 Å². The van der Waals surface area contributed by atoms with Crippen molar-refractivity contribution < 1.29 is 14.2 Å². The number of aryl methyl sites for hydroxylation is 1. The number of hydrogen-bond donors (Lipinski definition) is 0. The molecule has 0 bridgehead atoms. The number of thiazole rings is 1. The second kappa shape index (κ2) is 10.6. The molecule has 8 heteroatoms. The van der Waals surface area contributed by atoms with Gasteiger partial charge in [-0.2, -0.15) is 0 Å². The number of aromatic nitrogens is 2. The number of rotatable bonds is 9. The second-order valence-corrected chi connectivity index (χ2v) is 9.63. The minimum Gasteiger partial charge on any atom is -0.493 e. The van der Waals surface area contributed by atoms with Gasteiger partial charge in [-0.05, 0) is 60.0 Å². The number of methoxy groups -OCH3 is 1. The van der Waals surface area contributed by atoms with E-state index in [0.717, 1.165) is 28.8 Å². The van der Waals surface area contributed by atoms with Crippen LogP contribution in [0.25, 0.3) is 22.1 Å². The van der Waals surface area contributed by atoms with E-state index in [-0.39, 0.29) is 5.56 Å². The number of hydrogen-bond acceptors (Lipinski definition) is 6. The quantitative estimate of drug-likeness (QED) is 0.239. The molecule has 0 fully saturated rings. The monoisotopic (exact) mass is 520 g/mol. The average Bonchev–Trinajstić information content (AvgIpc) is 3.40. The molecular weight excluding hydrogens is 496 g/mol. The predicted molar refractivity (Wildman–Crippen MR) is 145 cm³/mol. The summed E-state index contributed by atoms with van der Waals surface area (Å²) in [6.45, 7) is 3.07. The van der Waals surface area contributed by atoms with Crippen molar-refractivity contribution in [2.75, 3.05) is 20.3 Å². The highest BCUT2D eigenvalue weighted by molar-refractivity contribution is 7.15. The third-order valence-corrected chi connectivity index (χ3v) is 7.08. The summed E-state index contributed by atoms with van der Waals surface area (Å²) in [4.78, 5) is 18.3. The minimum atomic E-state index is -0.108. The molecule has 0 aliphatic heterocycles. The number of para-hydroxylation sites is 2. The molecule has 2 heterocycles. The van der Waals surface area contributed by atoms with Crippen molar-refractivity contribution in [1.82, 2.24) is 9.38 Å². The molecule has 0 aliphatic carbocycles. The van der Waals surface area contributed by atoms with Gasteiger partial charge in [0, 0.05) is 6.42 Å². The summed E-state index contributed by atoms with van der Waals surface area (Å²) in [6.07, 6.45) is 3.49. The van der Waals surface area contributed by atoms with E-state index in [4.69, 9.17) is 25.8 Å². The molecule has 5 aromatic rings. The molecular formula is C28H25ClN2O4S. The van der Waals surface area contributed by atoms with Crippen LogP contribution in [-0.2, 0) is 6.42 Å². The SMILES string of the molecule is CCc1ccc(OCCCOc2c(Cl)cc(/C=c3\sc4nc5ccccc5n4c3=O)cc2OC)cc1. The van der Waals surface area contributed by atoms with E-state index in [1.807, 2.05) is 42.5 Å². The fraction of sp³-hybridized carbons (Fsp3) is 0.214. The Hall–Kier alpha value is -3.55. The Morgan fingerprint density at radius 2 is 1.83 bits per heavy atom. The zero-order valence-electron chi connectivity index (χ0n) is 20.0. The second-order valence-electron chi connectivity index (χ2n) is 8.22. The third kappa shape index (κ3) is 4.90. The smallest absolute Gasteiger partial charge is 0.274 e. The summed E-state index contributed by atoms with van der Waals surface area (Å²) in [5.41, 5.74) is 3.52. The van der Waals surface area contributed by atoms with Crippen LogP contribution in [0.2, 0.25) is 5.02 Å². The van der Waals surface area contributed by atoms with Crippen molar-refractivity contribution in [3.05, 3.63) is 91.7 Å². The van der Waals surface area contributed by atoms with Crippen LogP contribution >= 0.6 is 22.9 Å². The van der Waals surface area contributed by atoms with Crippen LogP contribution in [-0.4, -0.2) is 29.7 Å². The van der Waals surface area contributed by atoms with Gasteiger partial charge in [-0.1, -0.05) is 54.1 Å². The molecule has 0 saturated carbocycles. The molecule has 36 heavy (non-hydrogen) atoms. The van der Waals surface area contributed by atoms with E-state index in [0.29, 0.717) is 45.6 Å². The Balaban J connectivity index is 1.29. The molecule has 0 aliphatic rings. The Morgan fingerprint density at radius 3 is 2.61 bits per heavy atom. The van der Waals surface area contributed by atoms with Crippen molar-refractivity contribution >= 4 is 45.0 Å². The van der Waals surface area contributed by atoms with Gasteiger partial charge >= 0.3 is 0 Å². The molecule has 184 valence electrons. The highest BCUT2D eigenvalue weighted by atomic mass is 35.5. The van der Waals surface area contributed by atoms with Gasteiger partial charge in [0.1, 0.15) is 5.75 Å². The Labute approximate surface area is 217 Å². The number of imidazole rings is 1. The van der Waals surface area contributed by atoms with Crippen molar-refractivity contribution in [1.29, 1.82) is 0 Å². The van der Waals surface area contributed by atoms with Gasteiger partial charge in [0.2, 0.25) is 0 Å². The summed E-state index contributed by atoms with van der Waals surface area (Å²) in [5.74, 6) is 1.82. The van der Waals surface area contributed by atoms with E-state index < -0.39 is 0 Å². The minimum absolute atomic E-state index is 0.108. The van der Waals surface area contributed by atoms with Gasteiger partial charge in [-0.25, -0.2) is 9.38 Å². The lowest BCUT2D eigenvalue weighted by molar-refractivity contribution is 0.240. The van der Waals surface area contributed by atoms with E-state index in [1.165, 1.54) is 16.9 Å². The first-order valence-corrected chi connectivity index (χ1v) is 12.9. The van der Waals surface area contributed by atoms with Crippen LogP contribution < -0.4 is 24.3 Å². The van der Waals surface area contributed by atoms with E-state index in [9.17, 15) is 4.79 Å². The van der Waals surface area contributed by atoms with Gasteiger partial charge in [0.15, 0.2) is 16.5 Å². The first kappa shape index (κ1) is 24.2. The number of benzene rings is 3. The largest absolute Gasteiger partial charge is 0.493 e. The van der Waals surface area contributed by atoms with Crippen LogP contribution in [0.3, 0.4) is 0 Å². The molecule has 0 amide bonds. The zero-order valence-corrected chi connectivity index (χ0v) is 21.6. The maximum absolute atomic E-state index is 13.1. The molecule has 3 aromatic carbocycles. The van der Waals surface area contributed by atoms with Crippen molar-refractivity contribution in [2.24, 2.45) is 0 Å². The third-order valence-electron chi connectivity index (χ3n) is 5.83. The molecule has 0 atom stereocenters. The lowest BCUT2D eigenvalue weighted by Crippen LogP contribution is -2.22. The Kier molecular flexibility index (Phi) is 7.11. The standard InChI is InChI=1S/C28H25ClN2O4S/c1-3-18-9-11-20(12-10-18)34-13-6-14-35-26-21(29)15-19(16-24(26)33-2)17-25-27(32)31-23-8-5-4-7-22(23)30-28(31)36-25/h4-5,7-12,15-17H,3,6,13-14H2,1-2H3/b25-17-. The van der Waals surface area contributed by atoms with E-state index >= 15 is 0 Å². The topological polar surface area (TPSA) is 62.1 Å². The van der Waals surface area contributed by atoms with Gasteiger partial charge in [0.25, 0.3) is 5.56 Å². The Bertz CT molecular complexity index is 1630. The number of halogens is 1. The lowest BCUT2D eigenvalue weighted by atomic mass is 10.2. The number of fused-ring (bicyclic) bond motifs is 3. The summed E-state index contributed by atoms with van der Waals surface area (Å²) >= 11 is 7.89. The number of ether oxygens (including phenoxy) is 3. The van der Waals surface area contributed by atoms with Gasteiger partial charge in [-0.15, -0.1) is 0 Å². The average molecular weight is 521 g/mol. The highest BCUT2D eigenvalue weighted by Gasteiger charge is 2.14. The fourth-order valence-electron chi connectivity index (χ4n) is 3.97. The first-order valence-electron chi connectivity index (χ1n) is 11.7. The summed E-state index contributed by atoms with van der Waals surface area (Å²) in [6, 6.07) is 19.3.